The number of ether oxygens (including phenoxy) is 2. The van der Waals surface area contributed by atoms with Crippen LogP contribution in [-0.4, -0.2) is 74.6 Å². The molecule has 2 atom stereocenters. The van der Waals surface area contributed by atoms with Crippen LogP contribution in [0.2, 0.25) is 0 Å². The summed E-state index contributed by atoms with van der Waals surface area (Å²) in [5.41, 5.74) is 2.21. The maximum absolute atomic E-state index is 14.6. The molecule has 12 nitrogen and oxygen atoms in total. The summed E-state index contributed by atoms with van der Waals surface area (Å²) in [5, 5.41) is 12.6. The van der Waals surface area contributed by atoms with Gasteiger partial charge in [-0.1, -0.05) is 12.1 Å². The van der Waals surface area contributed by atoms with Crippen molar-refractivity contribution >= 4 is 17.7 Å². The number of hydrogen-bond acceptors (Lipinski definition) is 8. The molecule has 1 fully saturated rings. The van der Waals surface area contributed by atoms with Crippen molar-refractivity contribution in [2.45, 2.75) is 38.5 Å². The van der Waals surface area contributed by atoms with E-state index < -0.39 is 23.9 Å². The average Bonchev–Trinajstić information content (AvgIpc) is 3.43. The molecule has 6 rings (SSSR count). The third kappa shape index (κ3) is 6.83. The normalized spacial score (nSPS) is 18.7. The van der Waals surface area contributed by atoms with E-state index in [4.69, 9.17) is 9.47 Å². The summed E-state index contributed by atoms with van der Waals surface area (Å²) in [6.45, 7) is 2.08. The minimum Gasteiger partial charge on any atom is -0.488 e. The Morgan fingerprint density at radius 3 is 2.77 bits per heavy atom. The quantitative estimate of drug-likeness (QED) is 0.318. The molecule has 2 aliphatic rings. The monoisotopic (exact) mass is 599 g/mol. The lowest BCUT2D eigenvalue weighted by Gasteiger charge is -2.38. The lowest BCUT2D eigenvalue weighted by atomic mass is 10.00. The molecule has 0 spiro atoms. The van der Waals surface area contributed by atoms with Crippen LogP contribution in [-0.2, 0) is 22.6 Å². The number of pyridine rings is 1. The van der Waals surface area contributed by atoms with Gasteiger partial charge in [0.15, 0.2) is 12.4 Å². The van der Waals surface area contributed by atoms with Crippen LogP contribution in [0.4, 0.5) is 4.39 Å². The molecule has 6 bridgehead atoms. The van der Waals surface area contributed by atoms with Gasteiger partial charge in [0.25, 0.3) is 11.8 Å². The first-order valence-corrected chi connectivity index (χ1v) is 14.2. The molecule has 13 heteroatoms. The maximum Gasteiger partial charge on any atom is 0.258 e. The Labute approximate surface area is 252 Å². The first kappa shape index (κ1) is 28.8. The number of carbonyl (C=O) groups is 3. The highest BCUT2D eigenvalue weighted by molar-refractivity contribution is 5.95. The molecule has 2 aromatic heterocycles. The fraction of sp³-hybridized carbons (Fsp3) is 0.290. The maximum atomic E-state index is 14.6. The Hall–Kier alpha value is -5.33. The van der Waals surface area contributed by atoms with Gasteiger partial charge in [0.2, 0.25) is 5.91 Å². The number of likely N-dealkylation sites (tertiary alicyclic amines) is 1. The van der Waals surface area contributed by atoms with E-state index in [1.807, 2.05) is 6.07 Å². The van der Waals surface area contributed by atoms with Crippen LogP contribution in [0.3, 0.4) is 0 Å². The molecule has 44 heavy (non-hydrogen) atoms. The predicted molar refractivity (Wildman–Crippen MR) is 155 cm³/mol. The lowest BCUT2D eigenvalue weighted by Crippen LogP contribution is -2.58. The molecule has 4 heterocycles. The van der Waals surface area contributed by atoms with E-state index in [0.29, 0.717) is 47.1 Å². The van der Waals surface area contributed by atoms with Gasteiger partial charge in [0, 0.05) is 50.1 Å². The zero-order valence-corrected chi connectivity index (χ0v) is 23.9. The molecule has 0 saturated carbocycles. The van der Waals surface area contributed by atoms with Gasteiger partial charge in [-0.05, 0) is 48.4 Å². The zero-order valence-electron chi connectivity index (χ0n) is 23.9. The standard InChI is InChI=1S/C31H30FN7O5/c1-18-35-28(38-37-18)12-30(41)39-6-5-27-26(16-39)36-31(42)22-9-21(14-33-15-22)20-3-2-4-24(10-20)43-17-29(40)34-13-19-7-23(32)11-25(8-19)44-27/h2-4,7-11,14-15,26-27H,5-6,12-13,16-17H2,1H3,(H,34,40)(H,36,42)(H,35,37,38)/t26-,27+/m1/s1. The van der Waals surface area contributed by atoms with Crippen molar-refractivity contribution in [2.75, 3.05) is 19.7 Å². The Kier molecular flexibility index (Phi) is 8.17. The first-order valence-electron chi connectivity index (χ1n) is 14.2. The largest absolute Gasteiger partial charge is 0.488 e. The SMILES string of the molecule is Cc1nc(CC(=O)N2CC[C@@H]3Oc4cc(F)cc(c4)CNC(=O)COc4cccc(c4)-c4cncc(c4)C(=O)N[C@@H]3C2)n[nH]1. The van der Waals surface area contributed by atoms with E-state index >= 15 is 0 Å². The van der Waals surface area contributed by atoms with E-state index in [0.717, 1.165) is 5.56 Å². The molecule has 226 valence electrons. The van der Waals surface area contributed by atoms with Crippen LogP contribution < -0.4 is 20.1 Å². The summed E-state index contributed by atoms with van der Waals surface area (Å²) in [7, 11) is 0. The first-order chi connectivity index (χ1) is 21.3. The number of aromatic amines is 1. The molecule has 1 saturated heterocycles. The van der Waals surface area contributed by atoms with E-state index in [1.54, 1.807) is 48.4 Å². The topological polar surface area (TPSA) is 151 Å². The van der Waals surface area contributed by atoms with Crippen LogP contribution in [0.15, 0.2) is 60.9 Å². The highest BCUT2D eigenvalue weighted by Gasteiger charge is 2.35. The van der Waals surface area contributed by atoms with Crippen molar-refractivity contribution < 1.29 is 28.2 Å². The number of amides is 3. The fourth-order valence-corrected chi connectivity index (χ4v) is 5.26. The molecule has 0 unspecified atom stereocenters. The molecule has 2 aliphatic heterocycles. The van der Waals surface area contributed by atoms with Crippen LogP contribution in [0.25, 0.3) is 11.1 Å². The molecule has 0 aliphatic carbocycles. The second-order valence-corrected chi connectivity index (χ2v) is 10.7. The average molecular weight is 600 g/mol. The van der Waals surface area contributed by atoms with Gasteiger partial charge in [-0.3, -0.25) is 24.5 Å². The summed E-state index contributed by atoms with van der Waals surface area (Å²) in [6, 6.07) is 12.4. The molecular formula is C31H30FN7O5. The highest BCUT2D eigenvalue weighted by Crippen LogP contribution is 2.26. The summed E-state index contributed by atoms with van der Waals surface area (Å²) < 4.78 is 26.5. The molecule has 3 amide bonds. The van der Waals surface area contributed by atoms with E-state index in [2.05, 4.69) is 30.8 Å². The van der Waals surface area contributed by atoms with E-state index in [9.17, 15) is 18.8 Å². The number of H-pyrrole nitrogens is 1. The van der Waals surface area contributed by atoms with Crippen LogP contribution in [0.5, 0.6) is 11.5 Å². The third-order valence-corrected chi connectivity index (χ3v) is 7.42. The van der Waals surface area contributed by atoms with Crippen molar-refractivity contribution in [1.82, 2.24) is 35.7 Å². The van der Waals surface area contributed by atoms with Crippen LogP contribution >= 0.6 is 0 Å². The minimum absolute atomic E-state index is 0.00422. The van der Waals surface area contributed by atoms with Crippen molar-refractivity contribution in [3.63, 3.8) is 0 Å². The van der Waals surface area contributed by atoms with Gasteiger partial charge in [-0.25, -0.2) is 9.37 Å². The van der Waals surface area contributed by atoms with E-state index in [1.165, 1.54) is 18.3 Å². The number of piperidine rings is 1. The molecule has 2 aromatic carbocycles. The smallest absolute Gasteiger partial charge is 0.258 e. The zero-order chi connectivity index (χ0) is 30.6. The third-order valence-electron chi connectivity index (χ3n) is 7.42. The summed E-state index contributed by atoms with van der Waals surface area (Å²) >= 11 is 0. The van der Waals surface area contributed by atoms with Crippen molar-refractivity contribution in [3.8, 4) is 22.6 Å². The number of halogens is 1. The van der Waals surface area contributed by atoms with Gasteiger partial charge in [0.05, 0.1) is 18.0 Å². The number of carbonyl (C=O) groups excluding carboxylic acids is 3. The van der Waals surface area contributed by atoms with Crippen molar-refractivity contribution in [1.29, 1.82) is 0 Å². The van der Waals surface area contributed by atoms with Gasteiger partial charge >= 0.3 is 0 Å². The van der Waals surface area contributed by atoms with Crippen LogP contribution in [0, 0.1) is 12.7 Å². The Balaban J connectivity index is 1.31. The molecule has 3 N–H and O–H groups in total. The summed E-state index contributed by atoms with van der Waals surface area (Å²) in [4.78, 5) is 49.4. The fourth-order valence-electron chi connectivity index (χ4n) is 5.26. The Morgan fingerprint density at radius 2 is 1.93 bits per heavy atom. The summed E-state index contributed by atoms with van der Waals surface area (Å²) in [5.74, 6) is 0.172. The number of fused-ring (bicyclic) bond motifs is 8. The Bertz CT molecular complexity index is 1710. The second kappa shape index (κ2) is 12.5. The van der Waals surface area contributed by atoms with Crippen molar-refractivity contribution in [2.24, 2.45) is 0 Å². The second-order valence-electron chi connectivity index (χ2n) is 10.7. The number of benzene rings is 2. The van der Waals surface area contributed by atoms with Gasteiger partial charge < -0.3 is 25.0 Å². The van der Waals surface area contributed by atoms with Gasteiger partial charge in [-0.2, -0.15) is 5.10 Å². The number of rotatable bonds is 2. The van der Waals surface area contributed by atoms with E-state index in [-0.39, 0.29) is 43.7 Å². The highest BCUT2D eigenvalue weighted by atomic mass is 19.1. The van der Waals surface area contributed by atoms with Crippen LogP contribution in [0.1, 0.15) is 34.0 Å². The van der Waals surface area contributed by atoms with Gasteiger partial charge in [0.1, 0.15) is 29.2 Å². The minimum atomic E-state index is -0.636. The van der Waals surface area contributed by atoms with Gasteiger partial charge in [-0.15, -0.1) is 0 Å². The number of nitrogens with zero attached hydrogens (tertiary/aromatic N) is 4. The summed E-state index contributed by atoms with van der Waals surface area (Å²) in [6.07, 6.45) is 2.88. The Morgan fingerprint density at radius 1 is 1.07 bits per heavy atom. The lowest BCUT2D eigenvalue weighted by molar-refractivity contribution is -0.133. The molecule has 0 radical (unpaired) electrons. The number of aryl methyl sites for hydroxylation is 1. The van der Waals surface area contributed by atoms with Crippen molar-refractivity contribution in [3.05, 3.63) is 89.5 Å². The number of aromatic nitrogens is 4. The molecule has 4 aromatic rings. The molecular weight excluding hydrogens is 569 g/mol. The predicted octanol–water partition coefficient (Wildman–Crippen LogP) is 2.34. The number of nitrogens with one attached hydrogen (secondary N) is 3. The number of hydrogen-bond donors (Lipinski definition) is 3.